The highest BCUT2D eigenvalue weighted by Gasteiger charge is 2.16. The molecule has 1 aliphatic rings. The van der Waals surface area contributed by atoms with Gasteiger partial charge in [0.1, 0.15) is 0 Å². The van der Waals surface area contributed by atoms with Crippen molar-refractivity contribution in [2.45, 2.75) is 6.10 Å². The Balaban J connectivity index is 1.59. The topological polar surface area (TPSA) is 81.1 Å². The SMILES string of the molecule is O=C(NCC1CNCCO1)c1cnn(-c2ccccc2)n1. The average molecular weight is 287 g/mol. The lowest BCUT2D eigenvalue weighted by atomic mass is 10.3. The molecule has 0 bridgehead atoms. The molecule has 2 N–H and O–H groups in total. The van der Waals surface area contributed by atoms with Gasteiger partial charge in [-0.1, -0.05) is 18.2 Å². The molecule has 1 unspecified atom stereocenters. The van der Waals surface area contributed by atoms with Gasteiger partial charge in [0, 0.05) is 19.6 Å². The first-order valence-electron chi connectivity index (χ1n) is 6.91. The van der Waals surface area contributed by atoms with Crippen molar-refractivity contribution in [1.82, 2.24) is 25.6 Å². The number of hydrogen-bond donors (Lipinski definition) is 2. The number of amides is 1. The molecule has 1 amide bonds. The van der Waals surface area contributed by atoms with Gasteiger partial charge in [-0.15, -0.1) is 5.10 Å². The van der Waals surface area contributed by atoms with Crippen molar-refractivity contribution in [3.8, 4) is 5.69 Å². The molecule has 7 heteroatoms. The van der Waals surface area contributed by atoms with E-state index in [1.54, 1.807) is 0 Å². The normalized spacial score (nSPS) is 18.4. The smallest absolute Gasteiger partial charge is 0.273 e. The third-order valence-corrected chi connectivity index (χ3v) is 3.21. The first kappa shape index (κ1) is 13.7. The van der Waals surface area contributed by atoms with Crippen molar-refractivity contribution in [2.24, 2.45) is 0 Å². The number of hydrogen-bond acceptors (Lipinski definition) is 5. The van der Waals surface area contributed by atoms with E-state index >= 15 is 0 Å². The number of morpholine rings is 1. The molecule has 2 heterocycles. The van der Waals surface area contributed by atoms with Crippen molar-refractivity contribution in [1.29, 1.82) is 0 Å². The van der Waals surface area contributed by atoms with Gasteiger partial charge in [-0.3, -0.25) is 4.79 Å². The summed E-state index contributed by atoms with van der Waals surface area (Å²) in [5.74, 6) is -0.244. The summed E-state index contributed by atoms with van der Waals surface area (Å²) < 4.78 is 5.52. The Morgan fingerprint density at radius 2 is 2.29 bits per heavy atom. The van der Waals surface area contributed by atoms with Gasteiger partial charge in [0.05, 0.1) is 24.6 Å². The van der Waals surface area contributed by atoms with E-state index in [1.807, 2.05) is 30.3 Å². The lowest BCUT2D eigenvalue weighted by Crippen LogP contribution is -2.45. The summed E-state index contributed by atoms with van der Waals surface area (Å²) in [6.45, 7) is 2.74. The van der Waals surface area contributed by atoms with Gasteiger partial charge in [-0.25, -0.2) is 0 Å². The molecule has 1 fully saturated rings. The summed E-state index contributed by atoms with van der Waals surface area (Å²) in [5, 5.41) is 14.3. The minimum atomic E-state index is -0.244. The van der Waals surface area contributed by atoms with Crippen LogP contribution in [-0.2, 0) is 4.74 Å². The van der Waals surface area contributed by atoms with E-state index in [2.05, 4.69) is 20.8 Å². The second kappa shape index (κ2) is 6.47. The minimum Gasteiger partial charge on any atom is -0.374 e. The summed E-state index contributed by atoms with van der Waals surface area (Å²) >= 11 is 0. The molecule has 7 nitrogen and oxygen atoms in total. The fourth-order valence-corrected chi connectivity index (χ4v) is 2.10. The number of carbonyl (C=O) groups is 1. The number of ether oxygens (including phenoxy) is 1. The summed E-state index contributed by atoms with van der Waals surface area (Å²) in [6.07, 6.45) is 1.47. The summed E-state index contributed by atoms with van der Waals surface area (Å²) in [7, 11) is 0. The van der Waals surface area contributed by atoms with Crippen LogP contribution in [0.1, 0.15) is 10.5 Å². The number of nitrogens with zero attached hydrogens (tertiary/aromatic N) is 3. The molecule has 2 aromatic rings. The van der Waals surface area contributed by atoms with Gasteiger partial charge in [0.15, 0.2) is 5.69 Å². The largest absolute Gasteiger partial charge is 0.374 e. The van der Waals surface area contributed by atoms with Crippen LogP contribution in [0, 0.1) is 0 Å². The van der Waals surface area contributed by atoms with Gasteiger partial charge in [0.2, 0.25) is 0 Å². The van der Waals surface area contributed by atoms with Crippen LogP contribution in [-0.4, -0.2) is 53.2 Å². The highest BCUT2D eigenvalue weighted by atomic mass is 16.5. The fraction of sp³-hybridized carbons (Fsp3) is 0.357. The molecule has 0 radical (unpaired) electrons. The van der Waals surface area contributed by atoms with E-state index in [0.29, 0.717) is 18.8 Å². The van der Waals surface area contributed by atoms with Gasteiger partial charge in [0.25, 0.3) is 5.91 Å². The number of para-hydroxylation sites is 1. The van der Waals surface area contributed by atoms with E-state index < -0.39 is 0 Å². The Hall–Kier alpha value is -2.25. The second-order valence-electron chi connectivity index (χ2n) is 4.76. The van der Waals surface area contributed by atoms with Crippen LogP contribution >= 0.6 is 0 Å². The molecule has 1 aromatic carbocycles. The van der Waals surface area contributed by atoms with Crippen LogP contribution in [0.15, 0.2) is 36.5 Å². The zero-order valence-electron chi connectivity index (χ0n) is 11.5. The van der Waals surface area contributed by atoms with E-state index in [4.69, 9.17) is 4.74 Å². The quantitative estimate of drug-likeness (QED) is 0.826. The zero-order valence-corrected chi connectivity index (χ0v) is 11.5. The molecule has 3 rings (SSSR count). The van der Waals surface area contributed by atoms with Crippen LogP contribution < -0.4 is 10.6 Å². The highest BCUT2D eigenvalue weighted by molar-refractivity contribution is 5.91. The molecule has 1 atom stereocenters. The first-order chi connectivity index (χ1) is 10.3. The van der Waals surface area contributed by atoms with Crippen molar-refractivity contribution >= 4 is 5.91 Å². The molecule has 1 aromatic heterocycles. The summed E-state index contributed by atoms with van der Waals surface area (Å²) in [6, 6.07) is 9.46. The van der Waals surface area contributed by atoms with Crippen LogP contribution in [0.5, 0.6) is 0 Å². The Morgan fingerprint density at radius 3 is 3.05 bits per heavy atom. The number of aromatic nitrogens is 3. The van der Waals surface area contributed by atoms with Crippen LogP contribution in [0.2, 0.25) is 0 Å². The molecule has 1 aliphatic heterocycles. The number of nitrogens with one attached hydrogen (secondary N) is 2. The summed E-state index contributed by atoms with van der Waals surface area (Å²) in [5.41, 5.74) is 1.11. The Morgan fingerprint density at radius 1 is 1.43 bits per heavy atom. The van der Waals surface area contributed by atoms with Gasteiger partial charge < -0.3 is 15.4 Å². The van der Waals surface area contributed by atoms with Crippen LogP contribution in [0.4, 0.5) is 0 Å². The van der Waals surface area contributed by atoms with Crippen molar-refractivity contribution in [3.05, 3.63) is 42.2 Å². The molecular weight excluding hydrogens is 270 g/mol. The van der Waals surface area contributed by atoms with Gasteiger partial charge in [-0.2, -0.15) is 9.90 Å². The molecule has 0 saturated carbocycles. The third-order valence-electron chi connectivity index (χ3n) is 3.21. The van der Waals surface area contributed by atoms with E-state index in [1.165, 1.54) is 11.0 Å². The number of rotatable bonds is 4. The predicted molar refractivity (Wildman–Crippen MR) is 76.3 cm³/mol. The van der Waals surface area contributed by atoms with Crippen molar-refractivity contribution in [2.75, 3.05) is 26.2 Å². The molecule has 110 valence electrons. The van der Waals surface area contributed by atoms with E-state index in [9.17, 15) is 4.79 Å². The number of benzene rings is 1. The monoisotopic (exact) mass is 287 g/mol. The summed E-state index contributed by atoms with van der Waals surface area (Å²) in [4.78, 5) is 13.5. The Kier molecular flexibility index (Phi) is 4.23. The van der Waals surface area contributed by atoms with E-state index in [0.717, 1.165) is 18.8 Å². The lowest BCUT2D eigenvalue weighted by molar-refractivity contribution is 0.0286. The predicted octanol–water partition coefficient (Wildman–Crippen LogP) is -0.0145. The van der Waals surface area contributed by atoms with Crippen LogP contribution in [0.25, 0.3) is 5.69 Å². The number of carbonyl (C=O) groups excluding carboxylic acids is 1. The van der Waals surface area contributed by atoms with Gasteiger partial charge >= 0.3 is 0 Å². The maximum atomic E-state index is 12.0. The maximum absolute atomic E-state index is 12.0. The second-order valence-corrected chi connectivity index (χ2v) is 4.76. The Labute approximate surface area is 122 Å². The van der Waals surface area contributed by atoms with E-state index in [-0.39, 0.29) is 12.0 Å². The first-order valence-corrected chi connectivity index (χ1v) is 6.91. The molecular formula is C14H17N5O2. The average Bonchev–Trinajstić information content (AvgIpc) is 3.04. The highest BCUT2D eigenvalue weighted by Crippen LogP contribution is 2.04. The Bertz CT molecular complexity index is 592. The van der Waals surface area contributed by atoms with Crippen molar-refractivity contribution < 1.29 is 9.53 Å². The fourth-order valence-electron chi connectivity index (χ4n) is 2.10. The lowest BCUT2D eigenvalue weighted by Gasteiger charge is -2.23. The molecule has 21 heavy (non-hydrogen) atoms. The van der Waals surface area contributed by atoms with Crippen molar-refractivity contribution in [3.63, 3.8) is 0 Å². The minimum absolute atomic E-state index is 0.00636. The zero-order chi connectivity index (χ0) is 14.5. The molecule has 0 aliphatic carbocycles. The third kappa shape index (κ3) is 3.45. The standard InChI is InChI=1S/C14H17N5O2/c20-14(16-9-12-8-15-6-7-21-12)13-10-17-19(18-13)11-4-2-1-3-5-11/h1-5,10,12,15H,6-9H2,(H,16,20). The van der Waals surface area contributed by atoms with Gasteiger partial charge in [-0.05, 0) is 12.1 Å². The molecule has 1 saturated heterocycles. The van der Waals surface area contributed by atoms with Crippen LogP contribution in [0.3, 0.4) is 0 Å². The molecule has 0 spiro atoms. The maximum Gasteiger partial charge on any atom is 0.273 e.